The van der Waals surface area contributed by atoms with Gasteiger partial charge in [-0.2, -0.15) is 13.9 Å². The normalized spacial score (nSPS) is 18.0. The van der Waals surface area contributed by atoms with Gasteiger partial charge in [0.1, 0.15) is 5.75 Å². The summed E-state index contributed by atoms with van der Waals surface area (Å²) in [5.74, 6) is 1.09. The second kappa shape index (κ2) is 8.01. The Morgan fingerprint density at radius 2 is 2.12 bits per heavy atom. The van der Waals surface area contributed by atoms with Crippen molar-refractivity contribution in [3.63, 3.8) is 0 Å². The van der Waals surface area contributed by atoms with Gasteiger partial charge < -0.3 is 15.0 Å². The van der Waals surface area contributed by atoms with Gasteiger partial charge in [-0.3, -0.25) is 0 Å². The van der Waals surface area contributed by atoms with Gasteiger partial charge in [-0.1, -0.05) is 18.2 Å². The summed E-state index contributed by atoms with van der Waals surface area (Å²) in [5, 5.41) is 11.5. The van der Waals surface area contributed by atoms with E-state index >= 15 is 0 Å². The lowest BCUT2D eigenvalue weighted by Crippen LogP contribution is -2.45. The summed E-state index contributed by atoms with van der Waals surface area (Å²) >= 11 is 0. The molecule has 7 heteroatoms. The van der Waals surface area contributed by atoms with Crippen molar-refractivity contribution in [3.05, 3.63) is 48.2 Å². The number of benzene rings is 1. The minimum absolute atomic E-state index is 0.224. The lowest BCUT2D eigenvalue weighted by atomic mass is 10.0. The number of para-hydroxylation sites is 1. The maximum Gasteiger partial charge on any atom is 0.387 e. The van der Waals surface area contributed by atoms with E-state index in [0.29, 0.717) is 6.54 Å². The van der Waals surface area contributed by atoms with Crippen LogP contribution in [0.1, 0.15) is 18.4 Å². The Bertz CT molecular complexity index is 641. The van der Waals surface area contributed by atoms with Crippen LogP contribution in [0.15, 0.2) is 42.6 Å². The highest BCUT2D eigenvalue weighted by Gasteiger charge is 2.21. The lowest BCUT2D eigenvalue weighted by Gasteiger charge is -2.33. The summed E-state index contributed by atoms with van der Waals surface area (Å²) in [6.07, 6.45) is 3.74. The number of hydrogen-bond acceptors (Lipinski definition) is 5. The molecular formula is C17H20F2N4O. The Morgan fingerprint density at radius 3 is 2.92 bits per heavy atom. The predicted molar refractivity (Wildman–Crippen MR) is 87.2 cm³/mol. The molecule has 1 aromatic heterocycles. The quantitative estimate of drug-likeness (QED) is 0.880. The van der Waals surface area contributed by atoms with Crippen LogP contribution in [0.4, 0.5) is 14.6 Å². The molecule has 0 amide bonds. The molecule has 2 heterocycles. The van der Waals surface area contributed by atoms with E-state index in [2.05, 4.69) is 25.2 Å². The molecule has 128 valence electrons. The molecule has 1 atom stereocenters. The van der Waals surface area contributed by atoms with Gasteiger partial charge in [0.25, 0.3) is 0 Å². The van der Waals surface area contributed by atoms with Gasteiger partial charge in [0.05, 0.1) is 0 Å². The summed E-state index contributed by atoms with van der Waals surface area (Å²) < 4.78 is 29.5. The fraction of sp³-hybridized carbons (Fsp3) is 0.412. The van der Waals surface area contributed by atoms with Crippen molar-refractivity contribution in [2.45, 2.75) is 32.0 Å². The molecule has 0 aliphatic carbocycles. The molecular weight excluding hydrogens is 314 g/mol. The zero-order valence-electron chi connectivity index (χ0n) is 13.2. The van der Waals surface area contributed by atoms with E-state index in [-0.39, 0.29) is 11.8 Å². The first-order valence-corrected chi connectivity index (χ1v) is 8.01. The molecule has 0 saturated carbocycles. The van der Waals surface area contributed by atoms with Crippen LogP contribution in [-0.4, -0.2) is 35.9 Å². The highest BCUT2D eigenvalue weighted by Crippen LogP contribution is 2.21. The number of hydrogen-bond donors (Lipinski definition) is 1. The van der Waals surface area contributed by atoms with Gasteiger partial charge in [-0.15, -0.1) is 5.10 Å². The van der Waals surface area contributed by atoms with Gasteiger partial charge in [0.2, 0.25) is 0 Å². The Balaban J connectivity index is 1.59. The van der Waals surface area contributed by atoms with Crippen LogP contribution in [0.5, 0.6) is 5.75 Å². The summed E-state index contributed by atoms with van der Waals surface area (Å²) in [7, 11) is 0. The van der Waals surface area contributed by atoms with E-state index in [1.54, 1.807) is 24.4 Å². The number of aromatic nitrogens is 2. The first-order chi connectivity index (χ1) is 11.7. The maximum atomic E-state index is 12.5. The number of alkyl halides is 2. The Hall–Kier alpha value is -2.28. The van der Waals surface area contributed by atoms with Crippen molar-refractivity contribution < 1.29 is 13.5 Å². The Morgan fingerprint density at radius 1 is 1.25 bits per heavy atom. The smallest absolute Gasteiger partial charge is 0.387 e. The topological polar surface area (TPSA) is 50.3 Å². The fourth-order valence-electron chi connectivity index (χ4n) is 2.93. The van der Waals surface area contributed by atoms with Crippen molar-refractivity contribution in [2.75, 3.05) is 18.0 Å². The third-order valence-electron chi connectivity index (χ3n) is 4.07. The Labute approximate surface area is 139 Å². The largest absolute Gasteiger partial charge is 0.434 e. The summed E-state index contributed by atoms with van der Waals surface area (Å²) in [6, 6.07) is 11.0. The SMILES string of the molecule is FC(F)Oc1ccccc1CNC1CCCN(c2cccnn2)C1. The van der Waals surface area contributed by atoms with E-state index in [1.165, 1.54) is 0 Å². The molecule has 24 heavy (non-hydrogen) atoms. The zero-order chi connectivity index (χ0) is 16.8. The maximum absolute atomic E-state index is 12.5. The van der Waals surface area contributed by atoms with Crippen LogP contribution in [-0.2, 0) is 6.54 Å². The molecule has 5 nitrogen and oxygen atoms in total. The van der Waals surface area contributed by atoms with Gasteiger partial charge in [0, 0.05) is 37.4 Å². The summed E-state index contributed by atoms with van der Waals surface area (Å²) in [4.78, 5) is 2.19. The van der Waals surface area contributed by atoms with Gasteiger partial charge in [-0.25, -0.2) is 0 Å². The number of anilines is 1. The van der Waals surface area contributed by atoms with E-state index in [0.717, 1.165) is 37.3 Å². The standard InChI is InChI=1S/C17H20F2N4O/c18-17(19)24-15-7-2-1-5-13(15)11-20-14-6-4-10-23(12-14)16-8-3-9-21-22-16/h1-3,5,7-9,14,17,20H,4,6,10-12H2. The zero-order valence-corrected chi connectivity index (χ0v) is 13.2. The van der Waals surface area contributed by atoms with Gasteiger partial charge in [-0.05, 0) is 31.0 Å². The van der Waals surface area contributed by atoms with Crippen LogP contribution in [0.3, 0.4) is 0 Å². The molecule has 1 unspecified atom stereocenters. The van der Waals surface area contributed by atoms with Gasteiger partial charge in [0.15, 0.2) is 5.82 Å². The number of piperidine rings is 1. The van der Waals surface area contributed by atoms with Gasteiger partial charge >= 0.3 is 6.61 Å². The van der Waals surface area contributed by atoms with Crippen molar-refractivity contribution in [1.29, 1.82) is 0 Å². The third-order valence-corrected chi connectivity index (χ3v) is 4.07. The third kappa shape index (κ3) is 4.38. The van der Waals surface area contributed by atoms with E-state index in [9.17, 15) is 8.78 Å². The summed E-state index contributed by atoms with van der Waals surface area (Å²) in [6.45, 7) is -0.562. The van der Waals surface area contributed by atoms with Crippen molar-refractivity contribution in [1.82, 2.24) is 15.5 Å². The molecule has 1 aromatic carbocycles. The van der Waals surface area contributed by atoms with E-state index < -0.39 is 6.61 Å². The molecule has 1 aliphatic heterocycles. The molecule has 1 fully saturated rings. The van der Waals surface area contributed by atoms with Crippen LogP contribution in [0.2, 0.25) is 0 Å². The molecule has 0 bridgehead atoms. The average Bonchev–Trinajstić information content (AvgIpc) is 2.61. The first kappa shape index (κ1) is 16.6. The van der Waals surface area contributed by atoms with Crippen LogP contribution < -0.4 is 15.0 Å². The minimum Gasteiger partial charge on any atom is -0.434 e. The van der Waals surface area contributed by atoms with E-state index in [1.807, 2.05) is 18.2 Å². The number of nitrogens with zero attached hydrogens (tertiary/aromatic N) is 3. The number of ether oxygens (including phenoxy) is 1. The first-order valence-electron chi connectivity index (χ1n) is 8.01. The van der Waals surface area contributed by atoms with E-state index in [4.69, 9.17) is 0 Å². The Kier molecular flexibility index (Phi) is 5.53. The molecule has 0 spiro atoms. The molecule has 2 aromatic rings. The number of nitrogens with one attached hydrogen (secondary N) is 1. The number of rotatable bonds is 6. The molecule has 1 aliphatic rings. The predicted octanol–water partition coefficient (Wildman–Crippen LogP) is 2.84. The second-order valence-electron chi connectivity index (χ2n) is 5.73. The van der Waals surface area contributed by atoms with Crippen LogP contribution in [0, 0.1) is 0 Å². The van der Waals surface area contributed by atoms with Crippen LogP contribution >= 0.6 is 0 Å². The summed E-state index contributed by atoms with van der Waals surface area (Å²) in [5.41, 5.74) is 0.731. The van der Waals surface area contributed by atoms with Crippen LogP contribution in [0.25, 0.3) is 0 Å². The monoisotopic (exact) mass is 334 g/mol. The van der Waals surface area contributed by atoms with Crippen molar-refractivity contribution in [3.8, 4) is 5.75 Å². The lowest BCUT2D eigenvalue weighted by molar-refractivity contribution is -0.0505. The fourth-order valence-corrected chi connectivity index (χ4v) is 2.93. The molecule has 1 N–H and O–H groups in total. The second-order valence-corrected chi connectivity index (χ2v) is 5.73. The molecule has 0 radical (unpaired) electrons. The molecule has 3 rings (SSSR count). The molecule has 1 saturated heterocycles. The minimum atomic E-state index is -2.81. The van der Waals surface area contributed by atoms with Crippen molar-refractivity contribution in [2.24, 2.45) is 0 Å². The van der Waals surface area contributed by atoms with Crippen molar-refractivity contribution >= 4 is 5.82 Å². The highest BCUT2D eigenvalue weighted by molar-refractivity contribution is 5.37. The number of halogens is 2. The average molecular weight is 334 g/mol. The highest BCUT2D eigenvalue weighted by atomic mass is 19.3.